The van der Waals surface area contributed by atoms with Crippen LogP contribution >= 0.6 is 0 Å². The first kappa shape index (κ1) is 22.1. The SMILES string of the molecule is C.CC1CCC(C(F)(F)OC2CCC(c3cc(F)c(F)c(F)c3)CC2)CC1.[HH].[HH]. The second kappa shape index (κ2) is 8.89. The van der Waals surface area contributed by atoms with Gasteiger partial charge >= 0.3 is 6.11 Å². The largest absolute Gasteiger partial charge is 0.358 e. The van der Waals surface area contributed by atoms with Gasteiger partial charge in [-0.15, -0.1) is 0 Å². The lowest BCUT2D eigenvalue weighted by molar-refractivity contribution is -0.301. The standard InChI is InChI=1S/C20H25F5O.CH4.2H2/c1-12-2-6-15(7-3-12)20(24,25)26-16-8-4-13(5-9-16)14-10-17(21)19(23)18(22)11-14;;;/h10-13,15-16H,2-9H2,1H3;1H4;2*1H. The maximum atomic E-state index is 14.4. The van der Waals surface area contributed by atoms with Crippen molar-refractivity contribution in [2.75, 3.05) is 0 Å². The van der Waals surface area contributed by atoms with Crippen LogP contribution in [0.2, 0.25) is 0 Å². The van der Waals surface area contributed by atoms with E-state index in [1.165, 1.54) is 0 Å². The van der Waals surface area contributed by atoms with E-state index in [-0.39, 0.29) is 16.2 Å². The molecule has 3 rings (SSSR count). The molecule has 158 valence electrons. The smallest absolute Gasteiger partial charge is 0.317 e. The molecule has 1 aromatic rings. The molecule has 0 bridgehead atoms. The summed E-state index contributed by atoms with van der Waals surface area (Å²) in [6.07, 6.45) is 0.709. The topological polar surface area (TPSA) is 9.23 Å². The summed E-state index contributed by atoms with van der Waals surface area (Å²) in [6, 6.07) is 2.00. The second-order valence-electron chi connectivity index (χ2n) is 7.91. The number of rotatable bonds is 4. The molecule has 0 saturated heterocycles. The van der Waals surface area contributed by atoms with Crippen molar-refractivity contribution < 1.29 is 29.5 Å². The van der Waals surface area contributed by atoms with Crippen molar-refractivity contribution in [2.24, 2.45) is 11.8 Å². The van der Waals surface area contributed by atoms with Gasteiger partial charge in [0.1, 0.15) is 0 Å². The number of ether oxygens (including phenoxy) is 1. The van der Waals surface area contributed by atoms with Gasteiger partial charge in [-0.2, -0.15) is 8.78 Å². The lowest BCUT2D eigenvalue weighted by atomic mass is 9.81. The van der Waals surface area contributed by atoms with Gasteiger partial charge in [0.05, 0.1) is 12.0 Å². The summed E-state index contributed by atoms with van der Waals surface area (Å²) in [7, 11) is 0. The summed E-state index contributed by atoms with van der Waals surface area (Å²) in [6.45, 7) is 2.08. The first-order valence-corrected chi connectivity index (χ1v) is 9.46. The molecule has 1 aromatic carbocycles. The highest BCUT2D eigenvalue weighted by Gasteiger charge is 2.44. The first-order valence-electron chi connectivity index (χ1n) is 9.46. The van der Waals surface area contributed by atoms with E-state index in [0.717, 1.165) is 25.0 Å². The van der Waals surface area contributed by atoms with E-state index in [1.807, 2.05) is 0 Å². The molecular formula is C21H33F5O. The van der Waals surface area contributed by atoms with Crippen LogP contribution < -0.4 is 0 Å². The highest BCUT2D eigenvalue weighted by atomic mass is 19.3. The van der Waals surface area contributed by atoms with Gasteiger partial charge in [-0.05, 0) is 68.1 Å². The van der Waals surface area contributed by atoms with Gasteiger partial charge in [0.15, 0.2) is 17.5 Å². The Hall–Kier alpha value is -1.17. The van der Waals surface area contributed by atoms with Crippen LogP contribution in [0.25, 0.3) is 0 Å². The summed E-state index contributed by atoms with van der Waals surface area (Å²) in [4.78, 5) is 0. The van der Waals surface area contributed by atoms with Crippen LogP contribution in [0.3, 0.4) is 0 Å². The molecule has 0 N–H and O–H groups in total. The Morgan fingerprint density at radius 2 is 1.41 bits per heavy atom. The molecule has 0 unspecified atom stereocenters. The van der Waals surface area contributed by atoms with E-state index in [1.54, 1.807) is 0 Å². The highest BCUT2D eigenvalue weighted by Crippen LogP contribution is 2.43. The van der Waals surface area contributed by atoms with E-state index >= 15 is 0 Å². The molecule has 2 saturated carbocycles. The molecule has 0 radical (unpaired) electrons. The Kier molecular flexibility index (Phi) is 7.28. The molecule has 2 aliphatic rings. The fraction of sp³-hybridized carbons (Fsp3) is 0.714. The number of alkyl halides is 2. The normalized spacial score (nSPS) is 29.3. The lowest BCUT2D eigenvalue weighted by Crippen LogP contribution is -2.38. The Morgan fingerprint density at radius 1 is 0.889 bits per heavy atom. The minimum Gasteiger partial charge on any atom is -0.317 e. The summed E-state index contributed by atoms with van der Waals surface area (Å²) in [5.41, 5.74) is 0.382. The van der Waals surface area contributed by atoms with Crippen molar-refractivity contribution in [3.05, 3.63) is 35.1 Å². The van der Waals surface area contributed by atoms with E-state index in [0.29, 0.717) is 50.0 Å². The van der Waals surface area contributed by atoms with Gasteiger partial charge in [-0.1, -0.05) is 27.2 Å². The predicted molar refractivity (Wildman–Crippen MR) is 99.4 cm³/mol. The van der Waals surface area contributed by atoms with Crippen molar-refractivity contribution in [3.63, 3.8) is 0 Å². The average molecular weight is 396 g/mol. The molecule has 0 heterocycles. The van der Waals surface area contributed by atoms with E-state index in [9.17, 15) is 22.0 Å². The fourth-order valence-electron chi connectivity index (χ4n) is 4.24. The lowest BCUT2D eigenvalue weighted by Gasteiger charge is -2.36. The summed E-state index contributed by atoms with van der Waals surface area (Å²) in [5, 5.41) is 0. The van der Waals surface area contributed by atoms with E-state index in [2.05, 4.69) is 6.92 Å². The van der Waals surface area contributed by atoms with Crippen molar-refractivity contribution >= 4 is 0 Å². The zero-order chi connectivity index (χ0) is 18.9. The van der Waals surface area contributed by atoms with Gasteiger partial charge in [0.2, 0.25) is 0 Å². The molecule has 1 nitrogen and oxygen atoms in total. The second-order valence-corrected chi connectivity index (χ2v) is 7.91. The van der Waals surface area contributed by atoms with Gasteiger partial charge in [-0.3, -0.25) is 0 Å². The van der Waals surface area contributed by atoms with Crippen molar-refractivity contribution in [3.8, 4) is 0 Å². The molecule has 27 heavy (non-hydrogen) atoms. The number of hydrogen-bond acceptors (Lipinski definition) is 1. The van der Waals surface area contributed by atoms with E-state index in [4.69, 9.17) is 4.74 Å². The van der Waals surface area contributed by atoms with Crippen LogP contribution in [0, 0.1) is 29.3 Å². The summed E-state index contributed by atoms with van der Waals surface area (Å²) in [5.74, 6) is -4.30. The van der Waals surface area contributed by atoms with Crippen LogP contribution in [0.4, 0.5) is 22.0 Å². The molecule has 0 spiro atoms. The fourth-order valence-corrected chi connectivity index (χ4v) is 4.24. The van der Waals surface area contributed by atoms with E-state index < -0.39 is 35.6 Å². The summed E-state index contributed by atoms with van der Waals surface area (Å²) >= 11 is 0. The molecule has 0 atom stereocenters. The molecule has 6 heteroatoms. The number of halogens is 5. The van der Waals surface area contributed by atoms with Gasteiger partial charge in [0, 0.05) is 2.85 Å². The first-order chi connectivity index (χ1) is 12.3. The van der Waals surface area contributed by atoms with Crippen LogP contribution in [-0.2, 0) is 4.74 Å². The maximum Gasteiger partial charge on any atom is 0.358 e. The zero-order valence-corrected chi connectivity index (χ0v) is 14.9. The number of hydrogen-bond donors (Lipinski definition) is 0. The van der Waals surface area contributed by atoms with Crippen molar-refractivity contribution in [2.45, 2.75) is 83.8 Å². The highest BCUT2D eigenvalue weighted by molar-refractivity contribution is 5.23. The Morgan fingerprint density at radius 3 is 1.93 bits per heavy atom. The van der Waals surface area contributed by atoms with Crippen molar-refractivity contribution in [1.29, 1.82) is 0 Å². The van der Waals surface area contributed by atoms with Gasteiger partial charge < -0.3 is 4.74 Å². The minimum absolute atomic E-state index is 0. The molecule has 2 fully saturated rings. The van der Waals surface area contributed by atoms with Crippen LogP contribution in [0.5, 0.6) is 0 Å². The zero-order valence-electron chi connectivity index (χ0n) is 14.9. The predicted octanol–water partition coefficient (Wildman–Crippen LogP) is 7.69. The quantitative estimate of drug-likeness (QED) is 0.374. The third kappa shape index (κ3) is 5.21. The monoisotopic (exact) mass is 396 g/mol. The molecule has 2 aliphatic carbocycles. The molecule has 0 amide bonds. The number of benzene rings is 1. The summed E-state index contributed by atoms with van der Waals surface area (Å²) < 4.78 is 73.9. The average Bonchev–Trinajstić information content (AvgIpc) is 2.60. The third-order valence-corrected chi connectivity index (χ3v) is 5.97. The molecular weight excluding hydrogens is 363 g/mol. The van der Waals surface area contributed by atoms with Crippen LogP contribution in [0.15, 0.2) is 12.1 Å². The van der Waals surface area contributed by atoms with Crippen LogP contribution in [0.1, 0.15) is 80.1 Å². The molecule has 0 aromatic heterocycles. The Bertz CT molecular complexity index is 604. The van der Waals surface area contributed by atoms with Crippen molar-refractivity contribution in [1.82, 2.24) is 0 Å². The van der Waals surface area contributed by atoms with Crippen LogP contribution in [-0.4, -0.2) is 12.2 Å². The third-order valence-electron chi connectivity index (χ3n) is 5.97. The van der Waals surface area contributed by atoms with Gasteiger partial charge in [-0.25, -0.2) is 13.2 Å². The molecule has 0 aliphatic heterocycles. The maximum absolute atomic E-state index is 14.4. The minimum atomic E-state index is -3.12. The Balaban J connectivity index is 0.00000261. The van der Waals surface area contributed by atoms with Gasteiger partial charge in [0.25, 0.3) is 0 Å². The Labute approximate surface area is 161 Å².